The smallest absolute Gasteiger partial charge is 0.124 e. The van der Waals surface area contributed by atoms with Gasteiger partial charge in [0, 0.05) is 24.6 Å². The molecule has 2 atom stereocenters. The van der Waals surface area contributed by atoms with Gasteiger partial charge in [0.15, 0.2) is 0 Å². The summed E-state index contributed by atoms with van der Waals surface area (Å²) in [5.41, 5.74) is 1.27. The van der Waals surface area contributed by atoms with Crippen molar-refractivity contribution >= 4 is 0 Å². The second-order valence-electron chi connectivity index (χ2n) is 4.84. The first-order chi connectivity index (χ1) is 8.93. The fourth-order valence-corrected chi connectivity index (χ4v) is 2.56. The van der Waals surface area contributed by atoms with E-state index in [1.54, 1.807) is 0 Å². The summed E-state index contributed by atoms with van der Waals surface area (Å²) in [5, 5.41) is 3.61. The van der Waals surface area contributed by atoms with Gasteiger partial charge in [0.1, 0.15) is 11.9 Å². The maximum Gasteiger partial charge on any atom is 0.124 e. The Kier molecular flexibility index (Phi) is 3.51. The van der Waals surface area contributed by atoms with Gasteiger partial charge >= 0.3 is 0 Å². The molecule has 0 amide bonds. The molecule has 3 rings (SSSR count). The number of hydrogen-bond donors (Lipinski definition) is 1. The van der Waals surface area contributed by atoms with E-state index in [-0.39, 0.29) is 0 Å². The van der Waals surface area contributed by atoms with Crippen LogP contribution in [0.15, 0.2) is 36.6 Å². The summed E-state index contributed by atoms with van der Waals surface area (Å²) in [7, 11) is 0. The molecule has 2 aliphatic rings. The SMILES string of the molecule is C1=COC(CNC2CCOc3ccccc32)CC1. The minimum atomic E-state index is 0.310. The summed E-state index contributed by atoms with van der Waals surface area (Å²) in [5.74, 6) is 1.02. The Labute approximate surface area is 108 Å². The Morgan fingerprint density at radius 2 is 2.17 bits per heavy atom. The molecule has 0 fully saturated rings. The first kappa shape index (κ1) is 11.6. The van der Waals surface area contributed by atoms with E-state index in [9.17, 15) is 0 Å². The van der Waals surface area contributed by atoms with E-state index in [0.29, 0.717) is 12.1 Å². The topological polar surface area (TPSA) is 30.5 Å². The molecule has 2 aliphatic heterocycles. The molecule has 0 radical (unpaired) electrons. The Morgan fingerprint density at radius 1 is 1.22 bits per heavy atom. The molecule has 2 heterocycles. The van der Waals surface area contributed by atoms with E-state index in [0.717, 1.165) is 38.2 Å². The van der Waals surface area contributed by atoms with Gasteiger partial charge < -0.3 is 14.8 Å². The molecule has 1 N–H and O–H groups in total. The van der Waals surface area contributed by atoms with Gasteiger partial charge in [0.25, 0.3) is 0 Å². The number of ether oxygens (including phenoxy) is 2. The van der Waals surface area contributed by atoms with Crippen molar-refractivity contribution in [3.05, 3.63) is 42.2 Å². The lowest BCUT2D eigenvalue weighted by Crippen LogP contribution is -2.34. The van der Waals surface area contributed by atoms with Crippen molar-refractivity contribution in [3.63, 3.8) is 0 Å². The van der Waals surface area contributed by atoms with E-state index in [4.69, 9.17) is 9.47 Å². The van der Waals surface area contributed by atoms with Gasteiger partial charge in [-0.15, -0.1) is 0 Å². The van der Waals surface area contributed by atoms with Crippen LogP contribution in [0.4, 0.5) is 0 Å². The molecule has 0 saturated heterocycles. The monoisotopic (exact) mass is 245 g/mol. The third kappa shape index (κ3) is 2.51. The lowest BCUT2D eigenvalue weighted by molar-refractivity contribution is 0.116. The van der Waals surface area contributed by atoms with Crippen LogP contribution in [0.25, 0.3) is 0 Å². The highest BCUT2D eigenvalue weighted by Crippen LogP contribution is 2.31. The van der Waals surface area contributed by atoms with E-state index in [1.807, 2.05) is 18.4 Å². The zero-order valence-corrected chi connectivity index (χ0v) is 10.5. The quantitative estimate of drug-likeness (QED) is 0.888. The highest BCUT2D eigenvalue weighted by molar-refractivity contribution is 5.37. The number of rotatable bonds is 3. The molecule has 0 spiro atoms. The molecule has 3 heteroatoms. The number of fused-ring (bicyclic) bond motifs is 1. The maximum absolute atomic E-state index is 5.66. The van der Waals surface area contributed by atoms with Crippen LogP contribution < -0.4 is 10.1 Å². The van der Waals surface area contributed by atoms with E-state index < -0.39 is 0 Å². The molecule has 0 aliphatic carbocycles. The van der Waals surface area contributed by atoms with Crippen LogP contribution >= 0.6 is 0 Å². The third-order valence-corrected chi connectivity index (χ3v) is 3.57. The summed E-state index contributed by atoms with van der Waals surface area (Å²) in [4.78, 5) is 0. The Balaban J connectivity index is 1.62. The zero-order chi connectivity index (χ0) is 12.2. The van der Waals surface area contributed by atoms with Crippen LogP contribution in [0.1, 0.15) is 30.9 Å². The van der Waals surface area contributed by atoms with Gasteiger partial charge in [-0.2, -0.15) is 0 Å². The molecule has 96 valence electrons. The van der Waals surface area contributed by atoms with Crippen LogP contribution in [-0.4, -0.2) is 19.3 Å². The van der Waals surface area contributed by atoms with Crippen molar-refractivity contribution < 1.29 is 9.47 Å². The van der Waals surface area contributed by atoms with Gasteiger partial charge in [-0.1, -0.05) is 18.2 Å². The molecule has 3 nitrogen and oxygen atoms in total. The second kappa shape index (κ2) is 5.44. The molecule has 0 bridgehead atoms. The van der Waals surface area contributed by atoms with Crippen molar-refractivity contribution in [1.29, 1.82) is 0 Å². The first-order valence-corrected chi connectivity index (χ1v) is 6.69. The summed E-state index contributed by atoms with van der Waals surface area (Å²) < 4.78 is 11.2. The molecule has 0 saturated carbocycles. The average Bonchev–Trinajstić information content (AvgIpc) is 2.46. The Hall–Kier alpha value is -1.48. The van der Waals surface area contributed by atoms with Gasteiger partial charge in [-0.05, 0) is 25.0 Å². The van der Waals surface area contributed by atoms with Crippen molar-refractivity contribution in [1.82, 2.24) is 5.32 Å². The first-order valence-electron chi connectivity index (χ1n) is 6.69. The van der Waals surface area contributed by atoms with Crippen molar-refractivity contribution in [2.24, 2.45) is 0 Å². The standard InChI is InChI=1S/C15H19NO2/c1-2-7-15-13(6-1)14(8-10-18-15)16-11-12-5-3-4-9-17-12/h1-2,4,6-7,9,12,14,16H,3,5,8,10-11H2. The number of allylic oxidation sites excluding steroid dienone is 1. The maximum atomic E-state index is 5.66. The predicted octanol–water partition coefficient (Wildman–Crippen LogP) is 2.79. The van der Waals surface area contributed by atoms with Gasteiger partial charge in [-0.25, -0.2) is 0 Å². The molecule has 1 aromatic carbocycles. The molecular weight excluding hydrogens is 226 g/mol. The van der Waals surface area contributed by atoms with E-state index in [1.165, 1.54) is 5.56 Å². The fraction of sp³-hybridized carbons (Fsp3) is 0.467. The largest absolute Gasteiger partial charge is 0.497 e. The van der Waals surface area contributed by atoms with Gasteiger partial charge in [0.2, 0.25) is 0 Å². The lowest BCUT2D eigenvalue weighted by Gasteiger charge is -2.29. The van der Waals surface area contributed by atoms with Gasteiger partial charge in [-0.3, -0.25) is 0 Å². The fourth-order valence-electron chi connectivity index (χ4n) is 2.56. The number of para-hydroxylation sites is 1. The highest BCUT2D eigenvalue weighted by Gasteiger charge is 2.22. The average molecular weight is 245 g/mol. The van der Waals surface area contributed by atoms with E-state index >= 15 is 0 Å². The van der Waals surface area contributed by atoms with Crippen LogP contribution in [0, 0.1) is 0 Å². The minimum Gasteiger partial charge on any atom is -0.497 e. The van der Waals surface area contributed by atoms with Crippen LogP contribution in [0.5, 0.6) is 5.75 Å². The normalized spacial score (nSPS) is 26.0. The second-order valence-corrected chi connectivity index (χ2v) is 4.84. The number of hydrogen-bond acceptors (Lipinski definition) is 3. The molecule has 0 aromatic heterocycles. The summed E-state index contributed by atoms with van der Waals surface area (Å²) in [6.07, 6.45) is 7.48. The van der Waals surface area contributed by atoms with E-state index in [2.05, 4.69) is 23.5 Å². The molecule has 2 unspecified atom stereocenters. The third-order valence-electron chi connectivity index (χ3n) is 3.57. The predicted molar refractivity (Wildman–Crippen MR) is 70.5 cm³/mol. The number of benzene rings is 1. The Morgan fingerprint density at radius 3 is 3.06 bits per heavy atom. The Bertz CT molecular complexity index is 430. The van der Waals surface area contributed by atoms with Crippen LogP contribution in [0.3, 0.4) is 0 Å². The molecular formula is C15H19NO2. The van der Waals surface area contributed by atoms with Crippen molar-refractivity contribution in [2.45, 2.75) is 31.4 Å². The van der Waals surface area contributed by atoms with Gasteiger partial charge in [0.05, 0.1) is 12.9 Å². The minimum absolute atomic E-state index is 0.310. The molecule has 1 aromatic rings. The van der Waals surface area contributed by atoms with Crippen molar-refractivity contribution in [3.8, 4) is 5.75 Å². The van der Waals surface area contributed by atoms with Crippen molar-refractivity contribution in [2.75, 3.05) is 13.2 Å². The lowest BCUT2D eigenvalue weighted by atomic mass is 10.00. The molecule has 18 heavy (non-hydrogen) atoms. The van der Waals surface area contributed by atoms with Crippen LogP contribution in [0.2, 0.25) is 0 Å². The zero-order valence-electron chi connectivity index (χ0n) is 10.5. The number of nitrogens with one attached hydrogen (secondary N) is 1. The summed E-state index contributed by atoms with van der Waals surface area (Å²) >= 11 is 0. The summed E-state index contributed by atoms with van der Waals surface area (Å²) in [6, 6.07) is 8.68. The van der Waals surface area contributed by atoms with Crippen LogP contribution in [-0.2, 0) is 4.74 Å². The highest BCUT2D eigenvalue weighted by atomic mass is 16.5. The summed E-state index contributed by atoms with van der Waals surface area (Å²) in [6.45, 7) is 1.70.